The van der Waals surface area contributed by atoms with Gasteiger partial charge in [0.1, 0.15) is 11.2 Å². The molecule has 7 aromatic carbocycles. The van der Waals surface area contributed by atoms with Crippen molar-refractivity contribution in [2.24, 2.45) is 0 Å². The molecule has 0 bridgehead atoms. The molecule has 0 atom stereocenters. The normalized spacial score (nSPS) is 13.3. The van der Waals surface area contributed by atoms with Crippen LogP contribution in [0, 0.1) is 0 Å². The van der Waals surface area contributed by atoms with Crippen LogP contribution in [0.4, 0.5) is 0 Å². The molecule has 246 valence electrons. The lowest BCUT2D eigenvalue weighted by atomic mass is 9.87. The summed E-state index contributed by atoms with van der Waals surface area (Å²) in [6.07, 6.45) is 0. The van der Waals surface area contributed by atoms with Crippen molar-refractivity contribution in [2.45, 2.75) is 39.5 Å². The second-order valence-electron chi connectivity index (χ2n) is 15.6. The Hall–Kier alpha value is -6.26. The zero-order chi connectivity index (χ0) is 34.3. The first-order valence-electron chi connectivity index (χ1n) is 18.6. The van der Waals surface area contributed by atoms with Crippen molar-refractivity contribution >= 4 is 120 Å². The Bertz CT molecular complexity index is 3450. The molecule has 4 nitrogen and oxygen atoms in total. The largest absolute Gasteiger partial charge is 0.456 e. The molecule has 0 aliphatic rings. The van der Waals surface area contributed by atoms with Gasteiger partial charge in [-0.25, -0.2) is 0 Å². The zero-order valence-corrected chi connectivity index (χ0v) is 29.3. The van der Waals surface area contributed by atoms with Crippen molar-refractivity contribution < 1.29 is 4.42 Å². The minimum atomic E-state index is 0.269. The van der Waals surface area contributed by atoms with Crippen molar-refractivity contribution in [3.05, 3.63) is 120 Å². The third-order valence-corrected chi connectivity index (χ3v) is 12.4. The molecular weight excluding hydrogens is 635 g/mol. The summed E-state index contributed by atoms with van der Waals surface area (Å²) in [5, 5.41) is 15.6. The van der Waals surface area contributed by atoms with Gasteiger partial charge in [0.05, 0.1) is 38.5 Å². The fourth-order valence-electron chi connectivity index (χ4n) is 10.6. The lowest BCUT2D eigenvalue weighted by Gasteiger charge is -2.19. The SMILES string of the molecule is CC(C)c1c2c3cccc4c5ccc6oc7ccccc7c6c5n(c2c(C(C)C)c2c5cccc6c7ccc8[nH]c9ccccc9c8c7n(c12)c65)c43. The van der Waals surface area contributed by atoms with Crippen LogP contribution in [0.2, 0.25) is 0 Å². The molecule has 0 saturated heterocycles. The van der Waals surface area contributed by atoms with Crippen LogP contribution < -0.4 is 0 Å². The number of benzene rings is 7. The van der Waals surface area contributed by atoms with Gasteiger partial charge in [0.15, 0.2) is 0 Å². The molecule has 6 heterocycles. The summed E-state index contributed by atoms with van der Waals surface area (Å²) in [6.45, 7) is 9.57. The first-order valence-corrected chi connectivity index (χ1v) is 18.6. The molecule has 0 aliphatic heterocycles. The van der Waals surface area contributed by atoms with E-state index in [1.807, 2.05) is 0 Å². The Balaban J connectivity index is 1.39. The lowest BCUT2D eigenvalue weighted by Crippen LogP contribution is -2.01. The number of nitrogens with zero attached hydrogens (tertiary/aromatic N) is 2. The number of nitrogens with one attached hydrogen (secondary N) is 1. The minimum absolute atomic E-state index is 0.269. The van der Waals surface area contributed by atoms with Crippen LogP contribution in [0.15, 0.2) is 114 Å². The molecule has 0 fully saturated rings. The zero-order valence-electron chi connectivity index (χ0n) is 29.3. The number of aromatic amines is 1. The highest BCUT2D eigenvalue weighted by atomic mass is 16.3. The average molecular weight is 668 g/mol. The highest BCUT2D eigenvalue weighted by Crippen LogP contribution is 2.53. The van der Waals surface area contributed by atoms with Crippen molar-refractivity contribution in [1.29, 1.82) is 0 Å². The molecule has 0 saturated carbocycles. The first-order chi connectivity index (χ1) is 25.5. The molecule has 0 aliphatic carbocycles. The Morgan fingerprint density at radius 1 is 0.385 bits per heavy atom. The van der Waals surface area contributed by atoms with Crippen LogP contribution in [0.5, 0.6) is 0 Å². The smallest absolute Gasteiger partial charge is 0.137 e. The van der Waals surface area contributed by atoms with Crippen LogP contribution in [0.3, 0.4) is 0 Å². The fourth-order valence-corrected chi connectivity index (χ4v) is 10.6. The van der Waals surface area contributed by atoms with Gasteiger partial charge in [0.25, 0.3) is 0 Å². The number of hydrogen-bond donors (Lipinski definition) is 1. The predicted octanol–water partition coefficient (Wildman–Crippen LogP) is 13.8. The topological polar surface area (TPSA) is 37.8 Å². The van der Waals surface area contributed by atoms with E-state index < -0.39 is 0 Å². The van der Waals surface area contributed by atoms with E-state index in [0.717, 1.165) is 11.2 Å². The van der Waals surface area contributed by atoms with E-state index in [-0.39, 0.29) is 11.8 Å². The summed E-state index contributed by atoms with van der Waals surface area (Å²) in [7, 11) is 0. The third kappa shape index (κ3) is 2.91. The summed E-state index contributed by atoms with van der Waals surface area (Å²) in [6, 6.07) is 40.3. The number of rotatable bonds is 2. The monoisotopic (exact) mass is 667 g/mol. The van der Waals surface area contributed by atoms with Crippen molar-refractivity contribution in [2.75, 3.05) is 0 Å². The summed E-state index contributed by atoms with van der Waals surface area (Å²) >= 11 is 0. The van der Waals surface area contributed by atoms with Crippen LogP contribution >= 0.6 is 0 Å². The minimum Gasteiger partial charge on any atom is -0.456 e. The van der Waals surface area contributed by atoms with Crippen molar-refractivity contribution in [3.63, 3.8) is 0 Å². The highest BCUT2D eigenvalue weighted by molar-refractivity contribution is 6.36. The van der Waals surface area contributed by atoms with Gasteiger partial charge in [0, 0.05) is 70.3 Å². The molecule has 0 radical (unpaired) electrons. The van der Waals surface area contributed by atoms with Crippen LogP contribution in [0.1, 0.15) is 50.7 Å². The Morgan fingerprint density at radius 3 is 1.56 bits per heavy atom. The number of H-pyrrole nitrogens is 1. The van der Waals surface area contributed by atoms with Gasteiger partial charge in [-0.3, -0.25) is 0 Å². The Labute approximate surface area is 297 Å². The van der Waals surface area contributed by atoms with Crippen molar-refractivity contribution in [1.82, 2.24) is 13.8 Å². The van der Waals surface area contributed by atoms with E-state index in [1.54, 1.807) is 0 Å². The molecule has 4 heteroatoms. The Kier molecular flexibility index (Phi) is 4.73. The van der Waals surface area contributed by atoms with Gasteiger partial charge < -0.3 is 18.2 Å². The average Bonchev–Trinajstić information content (AvgIpc) is 3.99. The van der Waals surface area contributed by atoms with E-state index in [2.05, 4.69) is 151 Å². The van der Waals surface area contributed by atoms with Crippen LogP contribution in [-0.4, -0.2) is 13.8 Å². The van der Waals surface area contributed by atoms with Gasteiger partial charge in [-0.1, -0.05) is 107 Å². The molecular formula is C48H33N3O. The summed E-state index contributed by atoms with van der Waals surface area (Å²) in [5.41, 5.74) is 15.0. The maximum atomic E-state index is 6.53. The lowest BCUT2D eigenvalue weighted by molar-refractivity contribution is 0.669. The van der Waals surface area contributed by atoms with Gasteiger partial charge in [-0.05, 0) is 53.3 Å². The summed E-state index contributed by atoms with van der Waals surface area (Å²) in [4.78, 5) is 3.75. The van der Waals surface area contributed by atoms with Crippen LogP contribution in [-0.2, 0) is 0 Å². The molecule has 0 spiro atoms. The van der Waals surface area contributed by atoms with Gasteiger partial charge in [-0.15, -0.1) is 0 Å². The summed E-state index contributed by atoms with van der Waals surface area (Å²) < 4.78 is 11.8. The fraction of sp³-hybridized carbons (Fsp3) is 0.125. The van der Waals surface area contributed by atoms with Gasteiger partial charge in [-0.2, -0.15) is 0 Å². The first kappa shape index (κ1) is 27.5. The molecule has 52 heavy (non-hydrogen) atoms. The number of para-hydroxylation sites is 4. The number of aromatic nitrogens is 3. The molecule has 0 amide bonds. The van der Waals surface area contributed by atoms with Crippen LogP contribution in [0.25, 0.3) is 120 Å². The second-order valence-corrected chi connectivity index (χ2v) is 15.6. The molecule has 13 rings (SSSR count). The van der Waals surface area contributed by atoms with E-state index >= 15 is 0 Å². The van der Waals surface area contributed by atoms with E-state index in [4.69, 9.17) is 4.42 Å². The molecule has 13 aromatic rings. The molecule has 1 N–H and O–H groups in total. The van der Waals surface area contributed by atoms with E-state index in [0.29, 0.717) is 0 Å². The quantitative estimate of drug-likeness (QED) is 0.196. The maximum absolute atomic E-state index is 6.53. The van der Waals surface area contributed by atoms with Crippen molar-refractivity contribution in [3.8, 4) is 0 Å². The predicted molar refractivity (Wildman–Crippen MR) is 221 cm³/mol. The standard InChI is InChI=1S/C48H33N3O/c1-23(2)37-42-32-16-10-14-26-28-20-22-36-40(30-12-6-8-18-35(30)52-36)46(28)51(44(26)32)48(42)38(24(3)4)41-31-15-9-13-25-27-19-21-34-39(29-11-5-7-17-33(29)49-34)45(27)50(43(25)31)47(37)41/h5-24,49H,1-4H3. The van der Waals surface area contributed by atoms with E-state index in [1.165, 1.54) is 120 Å². The second kappa shape index (κ2) is 8.96. The maximum Gasteiger partial charge on any atom is 0.137 e. The number of hydrogen-bond acceptors (Lipinski definition) is 1. The number of fused-ring (bicyclic) bond motifs is 20. The number of furan rings is 1. The Morgan fingerprint density at radius 2 is 0.904 bits per heavy atom. The van der Waals surface area contributed by atoms with Gasteiger partial charge in [0.2, 0.25) is 0 Å². The highest BCUT2D eigenvalue weighted by Gasteiger charge is 2.32. The third-order valence-electron chi connectivity index (χ3n) is 12.4. The molecule has 0 unspecified atom stereocenters. The van der Waals surface area contributed by atoms with Gasteiger partial charge >= 0.3 is 0 Å². The van der Waals surface area contributed by atoms with E-state index in [9.17, 15) is 0 Å². The molecule has 6 aromatic heterocycles. The summed E-state index contributed by atoms with van der Waals surface area (Å²) in [5.74, 6) is 0.540.